The van der Waals surface area contributed by atoms with Crippen molar-refractivity contribution in [3.63, 3.8) is 0 Å². The number of cyclic esters (lactones) is 1. The molecule has 0 radical (unpaired) electrons. The summed E-state index contributed by atoms with van der Waals surface area (Å²) in [5, 5.41) is 2.90. The second-order valence-corrected chi connectivity index (χ2v) is 6.68. The Hall–Kier alpha value is -3.09. The van der Waals surface area contributed by atoms with Crippen LogP contribution in [0, 0.1) is 5.82 Å². The van der Waals surface area contributed by atoms with Gasteiger partial charge in [0.2, 0.25) is 0 Å². The summed E-state index contributed by atoms with van der Waals surface area (Å²) in [6.45, 7) is 3.20. The smallest absolute Gasteiger partial charge is 0.414 e. The van der Waals surface area contributed by atoms with Crippen molar-refractivity contribution >= 4 is 23.5 Å². The van der Waals surface area contributed by atoms with E-state index in [-0.39, 0.29) is 17.9 Å². The fourth-order valence-corrected chi connectivity index (χ4v) is 3.68. The Labute approximate surface area is 156 Å². The Bertz CT molecular complexity index is 902. The zero-order valence-electron chi connectivity index (χ0n) is 14.9. The topological polar surface area (TPSA) is 61.9 Å². The van der Waals surface area contributed by atoms with E-state index in [1.807, 2.05) is 6.92 Å². The van der Waals surface area contributed by atoms with Gasteiger partial charge in [0.15, 0.2) is 0 Å². The van der Waals surface area contributed by atoms with Crippen LogP contribution in [-0.4, -0.2) is 36.7 Å². The average Bonchev–Trinajstić information content (AvgIpc) is 3.08. The van der Waals surface area contributed by atoms with Gasteiger partial charge >= 0.3 is 12.1 Å². The monoisotopic (exact) mass is 369 g/mol. The molecule has 7 heteroatoms. The SMILES string of the molecule is CC1c2cc(F)ccc2CCN1C(=O)Nc1ccccc1N1CCOC1=O. The van der Waals surface area contributed by atoms with Crippen molar-refractivity contribution < 1.29 is 18.7 Å². The Morgan fingerprint density at radius 3 is 2.81 bits per heavy atom. The minimum absolute atomic E-state index is 0.242. The van der Waals surface area contributed by atoms with Gasteiger partial charge in [0.1, 0.15) is 12.4 Å². The van der Waals surface area contributed by atoms with E-state index < -0.39 is 6.09 Å². The number of nitrogens with zero attached hydrogens (tertiary/aromatic N) is 2. The van der Waals surface area contributed by atoms with Crippen molar-refractivity contribution in [2.45, 2.75) is 19.4 Å². The molecule has 0 saturated carbocycles. The van der Waals surface area contributed by atoms with E-state index in [2.05, 4.69) is 5.32 Å². The number of halogens is 1. The molecule has 140 valence electrons. The molecule has 2 aliphatic heterocycles. The molecule has 0 aromatic heterocycles. The number of benzene rings is 2. The molecule has 1 saturated heterocycles. The minimum atomic E-state index is -0.424. The summed E-state index contributed by atoms with van der Waals surface area (Å²) in [5.41, 5.74) is 3.03. The number of hydrogen-bond acceptors (Lipinski definition) is 3. The molecule has 2 aliphatic rings. The zero-order valence-corrected chi connectivity index (χ0v) is 14.9. The third kappa shape index (κ3) is 3.20. The largest absolute Gasteiger partial charge is 0.447 e. The molecule has 0 bridgehead atoms. The van der Waals surface area contributed by atoms with E-state index in [1.54, 1.807) is 35.2 Å². The van der Waals surface area contributed by atoms with Crippen LogP contribution in [0.5, 0.6) is 0 Å². The molecule has 27 heavy (non-hydrogen) atoms. The van der Waals surface area contributed by atoms with E-state index in [4.69, 9.17) is 4.74 Å². The molecule has 1 atom stereocenters. The Morgan fingerprint density at radius 2 is 2.04 bits per heavy atom. The highest BCUT2D eigenvalue weighted by Gasteiger charge is 2.30. The van der Waals surface area contributed by atoms with Crippen LogP contribution in [0.2, 0.25) is 0 Å². The summed E-state index contributed by atoms with van der Waals surface area (Å²) in [5.74, 6) is -0.305. The molecule has 1 N–H and O–H groups in total. The van der Waals surface area contributed by atoms with E-state index in [0.29, 0.717) is 37.5 Å². The standard InChI is InChI=1S/C20H20FN3O3/c1-13-16-12-15(21)7-6-14(16)8-9-23(13)19(25)22-17-4-2-3-5-18(17)24-10-11-27-20(24)26/h2-7,12-13H,8-11H2,1H3,(H,22,25). The number of para-hydroxylation sites is 2. The van der Waals surface area contributed by atoms with Gasteiger partial charge in [-0.2, -0.15) is 0 Å². The number of hydrogen-bond donors (Lipinski definition) is 1. The molecular formula is C20H20FN3O3. The van der Waals surface area contributed by atoms with E-state index in [9.17, 15) is 14.0 Å². The van der Waals surface area contributed by atoms with Gasteiger partial charge in [-0.15, -0.1) is 0 Å². The lowest BCUT2D eigenvalue weighted by molar-refractivity contribution is 0.181. The average molecular weight is 369 g/mol. The first-order valence-electron chi connectivity index (χ1n) is 8.94. The summed E-state index contributed by atoms with van der Waals surface area (Å²) in [6, 6.07) is 11.3. The molecule has 0 aliphatic carbocycles. The van der Waals surface area contributed by atoms with Crippen molar-refractivity contribution in [3.8, 4) is 0 Å². The van der Waals surface area contributed by atoms with Crippen LogP contribution >= 0.6 is 0 Å². The zero-order chi connectivity index (χ0) is 19.0. The molecule has 3 amide bonds. The minimum Gasteiger partial charge on any atom is -0.447 e. The third-order valence-electron chi connectivity index (χ3n) is 5.11. The van der Waals surface area contributed by atoms with Gasteiger partial charge < -0.3 is 15.0 Å². The Kier molecular flexibility index (Phi) is 4.43. The maximum absolute atomic E-state index is 13.6. The number of rotatable bonds is 2. The van der Waals surface area contributed by atoms with Crippen molar-refractivity contribution in [2.24, 2.45) is 0 Å². The molecule has 0 spiro atoms. The molecule has 2 aromatic rings. The van der Waals surface area contributed by atoms with Crippen LogP contribution in [0.3, 0.4) is 0 Å². The summed E-state index contributed by atoms with van der Waals surface area (Å²) >= 11 is 0. The molecule has 4 rings (SSSR count). The molecular weight excluding hydrogens is 349 g/mol. The summed E-state index contributed by atoms with van der Waals surface area (Å²) in [7, 11) is 0. The quantitative estimate of drug-likeness (QED) is 0.872. The number of amides is 3. The molecule has 2 aromatic carbocycles. The van der Waals surface area contributed by atoms with Gasteiger partial charge in [0, 0.05) is 6.54 Å². The van der Waals surface area contributed by atoms with Crippen molar-refractivity contribution in [1.82, 2.24) is 4.90 Å². The maximum Gasteiger partial charge on any atom is 0.414 e. The van der Waals surface area contributed by atoms with Crippen LogP contribution in [-0.2, 0) is 11.2 Å². The van der Waals surface area contributed by atoms with Crippen molar-refractivity contribution in [3.05, 3.63) is 59.4 Å². The number of carbonyl (C=O) groups is 2. The summed E-state index contributed by atoms with van der Waals surface area (Å²) in [6.07, 6.45) is 0.250. The first kappa shape index (κ1) is 17.3. The predicted octanol–water partition coefficient (Wildman–Crippen LogP) is 3.93. The third-order valence-corrected chi connectivity index (χ3v) is 5.11. The first-order valence-corrected chi connectivity index (χ1v) is 8.94. The van der Waals surface area contributed by atoms with Gasteiger partial charge in [-0.25, -0.2) is 14.0 Å². The highest BCUT2D eigenvalue weighted by Crippen LogP contribution is 2.32. The van der Waals surface area contributed by atoms with Crippen molar-refractivity contribution in [2.75, 3.05) is 29.9 Å². The molecule has 1 fully saturated rings. The van der Waals surface area contributed by atoms with E-state index in [1.165, 1.54) is 17.0 Å². The van der Waals surface area contributed by atoms with Gasteiger partial charge in [0.05, 0.1) is 24.0 Å². The maximum atomic E-state index is 13.6. The summed E-state index contributed by atoms with van der Waals surface area (Å²) < 4.78 is 18.6. The number of fused-ring (bicyclic) bond motifs is 1. The van der Waals surface area contributed by atoms with Crippen LogP contribution in [0.4, 0.5) is 25.4 Å². The lowest BCUT2D eigenvalue weighted by Crippen LogP contribution is -2.41. The van der Waals surface area contributed by atoms with E-state index >= 15 is 0 Å². The van der Waals surface area contributed by atoms with Gasteiger partial charge in [-0.3, -0.25) is 4.90 Å². The van der Waals surface area contributed by atoms with Crippen LogP contribution < -0.4 is 10.2 Å². The Morgan fingerprint density at radius 1 is 1.22 bits per heavy atom. The van der Waals surface area contributed by atoms with Crippen LogP contribution in [0.15, 0.2) is 42.5 Å². The first-order chi connectivity index (χ1) is 13.0. The molecule has 1 unspecified atom stereocenters. The highest BCUT2D eigenvalue weighted by atomic mass is 19.1. The number of nitrogens with one attached hydrogen (secondary N) is 1. The van der Waals surface area contributed by atoms with Crippen LogP contribution in [0.25, 0.3) is 0 Å². The van der Waals surface area contributed by atoms with Crippen LogP contribution in [0.1, 0.15) is 24.1 Å². The van der Waals surface area contributed by atoms with Gasteiger partial charge in [-0.05, 0) is 48.7 Å². The summed E-state index contributed by atoms with van der Waals surface area (Å²) in [4.78, 5) is 28.0. The number of ether oxygens (including phenoxy) is 1. The van der Waals surface area contributed by atoms with Gasteiger partial charge in [-0.1, -0.05) is 18.2 Å². The fourth-order valence-electron chi connectivity index (χ4n) is 3.68. The predicted molar refractivity (Wildman–Crippen MR) is 99.4 cm³/mol. The van der Waals surface area contributed by atoms with E-state index in [0.717, 1.165) is 11.1 Å². The highest BCUT2D eigenvalue weighted by molar-refractivity contribution is 5.99. The lowest BCUT2D eigenvalue weighted by Gasteiger charge is -2.35. The second-order valence-electron chi connectivity index (χ2n) is 6.68. The number of carbonyl (C=O) groups excluding carboxylic acids is 2. The van der Waals surface area contributed by atoms with Crippen molar-refractivity contribution in [1.29, 1.82) is 0 Å². The number of urea groups is 1. The Balaban J connectivity index is 1.56. The molecule has 6 nitrogen and oxygen atoms in total. The number of anilines is 2. The normalized spacial score (nSPS) is 18.9. The van der Waals surface area contributed by atoms with Gasteiger partial charge in [0.25, 0.3) is 0 Å². The molecule has 2 heterocycles. The fraction of sp³-hybridized carbons (Fsp3) is 0.300. The second kappa shape index (κ2) is 6.90. The lowest BCUT2D eigenvalue weighted by atomic mass is 9.94.